The van der Waals surface area contributed by atoms with Gasteiger partial charge in [0, 0.05) is 31.2 Å². The van der Waals surface area contributed by atoms with E-state index < -0.39 is 11.5 Å². The van der Waals surface area contributed by atoms with Crippen LogP contribution < -0.4 is 21.1 Å². The number of rotatable bonds is 3. The number of carbonyl (C=O) groups is 1. The van der Waals surface area contributed by atoms with E-state index in [9.17, 15) is 9.59 Å². The molecule has 0 spiro atoms. The fraction of sp³-hybridized carbons (Fsp3) is 0.440. The fourth-order valence-electron chi connectivity index (χ4n) is 5.09. The highest BCUT2D eigenvalue weighted by Gasteiger charge is 2.28. The number of esters is 1. The van der Waals surface area contributed by atoms with E-state index in [0.717, 1.165) is 24.2 Å². The fourth-order valence-corrected chi connectivity index (χ4v) is 5.22. The number of fused-ring (bicyclic) bond motifs is 3. The van der Waals surface area contributed by atoms with Crippen LogP contribution in [0.15, 0.2) is 29.2 Å². The van der Waals surface area contributed by atoms with Crippen LogP contribution in [0.25, 0.3) is 10.9 Å². The van der Waals surface area contributed by atoms with Gasteiger partial charge in [-0.25, -0.2) is 9.78 Å². The lowest BCUT2D eigenvalue weighted by Gasteiger charge is -2.35. The second-order valence-corrected chi connectivity index (χ2v) is 10.2. The number of aryl methyl sites for hydroxylation is 1. The molecule has 1 aromatic carbocycles. The third-order valence-electron chi connectivity index (χ3n) is 6.60. The summed E-state index contributed by atoms with van der Waals surface area (Å²) in [4.78, 5) is 36.9. The molecule has 4 heterocycles. The van der Waals surface area contributed by atoms with E-state index in [2.05, 4.69) is 34.4 Å². The Balaban J connectivity index is 1.55. The summed E-state index contributed by atoms with van der Waals surface area (Å²) in [7, 11) is 1.65. The Morgan fingerprint density at radius 1 is 1.17 bits per heavy atom. The molecule has 3 aromatic rings. The molecule has 1 fully saturated rings. The van der Waals surface area contributed by atoms with E-state index in [1.54, 1.807) is 13.2 Å². The quantitative estimate of drug-likeness (QED) is 0.521. The number of carbonyl (C=O) groups excluding carboxylic acids is 1. The number of piperidine rings is 1. The predicted molar refractivity (Wildman–Crippen MR) is 138 cm³/mol. The molecule has 10 heteroatoms. The van der Waals surface area contributed by atoms with Crippen LogP contribution in [-0.4, -0.2) is 46.2 Å². The summed E-state index contributed by atoms with van der Waals surface area (Å²) in [6.07, 6.45) is 2.81. The molecule has 1 unspecified atom stereocenters. The van der Waals surface area contributed by atoms with Crippen molar-refractivity contribution < 1.29 is 9.53 Å². The van der Waals surface area contributed by atoms with Crippen LogP contribution >= 0.6 is 11.6 Å². The van der Waals surface area contributed by atoms with E-state index >= 15 is 0 Å². The SMILES string of the molecule is CC1COC(=O)c2c(c3cc(Nc4nc(N5C[C@H](C)C[C@H](C)C5)ncc4Cl)ccc3n(C)c2=O)N1. The minimum Gasteiger partial charge on any atom is -0.460 e. The molecule has 3 atom stereocenters. The van der Waals surface area contributed by atoms with Crippen molar-refractivity contribution >= 4 is 51.6 Å². The maximum Gasteiger partial charge on any atom is 0.346 e. The number of pyridine rings is 1. The van der Waals surface area contributed by atoms with Crippen LogP contribution in [-0.2, 0) is 11.8 Å². The van der Waals surface area contributed by atoms with Gasteiger partial charge in [0.2, 0.25) is 5.95 Å². The van der Waals surface area contributed by atoms with Crippen molar-refractivity contribution in [2.24, 2.45) is 18.9 Å². The smallest absolute Gasteiger partial charge is 0.346 e. The second kappa shape index (κ2) is 9.03. The zero-order valence-corrected chi connectivity index (χ0v) is 21.0. The molecule has 5 rings (SSSR count). The van der Waals surface area contributed by atoms with Crippen molar-refractivity contribution in [3.63, 3.8) is 0 Å². The largest absolute Gasteiger partial charge is 0.460 e. The summed E-state index contributed by atoms with van der Waals surface area (Å²) in [5.74, 6) is 1.66. The third kappa shape index (κ3) is 4.40. The normalized spacial score (nSPS) is 22.3. The summed E-state index contributed by atoms with van der Waals surface area (Å²) < 4.78 is 6.75. The highest BCUT2D eigenvalue weighted by atomic mass is 35.5. The Hall–Kier alpha value is -3.33. The van der Waals surface area contributed by atoms with Crippen LogP contribution in [0.5, 0.6) is 0 Å². The Labute approximate surface area is 208 Å². The molecule has 0 bridgehead atoms. The molecule has 0 saturated carbocycles. The van der Waals surface area contributed by atoms with Crippen molar-refractivity contribution in [1.82, 2.24) is 14.5 Å². The minimum atomic E-state index is -0.619. The Morgan fingerprint density at radius 3 is 2.66 bits per heavy atom. The Morgan fingerprint density at radius 2 is 1.91 bits per heavy atom. The van der Waals surface area contributed by atoms with Crippen LogP contribution in [0.2, 0.25) is 5.02 Å². The maximum atomic E-state index is 12.9. The summed E-state index contributed by atoms with van der Waals surface area (Å²) in [6.45, 7) is 8.38. The first kappa shape index (κ1) is 23.4. The molecule has 9 nitrogen and oxygen atoms in total. The zero-order valence-electron chi connectivity index (χ0n) is 20.3. The monoisotopic (exact) mass is 496 g/mol. The molecule has 0 amide bonds. The molecule has 2 N–H and O–H groups in total. The van der Waals surface area contributed by atoms with Gasteiger partial charge in [0.1, 0.15) is 17.2 Å². The second-order valence-electron chi connectivity index (χ2n) is 9.83. The molecule has 2 aliphatic heterocycles. The highest BCUT2D eigenvalue weighted by Crippen LogP contribution is 2.33. The molecule has 0 radical (unpaired) electrons. The van der Waals surface area contributed by atoms with Crippen LogP contribution in [0.1, 0.15) is 37.6 Å². The number of cyclic esters (lactones) is 1. The first-order valence-corrected chi connectivity index (χ1v) is 12.2. The lowest BCUT2D eigenvalue weighted by Crippen LogP contribution is -2.39. The molecule has 35 heavy (non-hydrogen) atoms. The zero-order chi connectivity index (χ0) is 24.9. The topological polar surface area (TPSA) is 101 Å². The van der Waals surface area contributed by atoms with E-state index in [0.29, 0.717) is 39.8 Å². The number of hydrogen-bond acceptors (Lipinski definition) is 8. The first-order chi connectivity index (χ1) is 16.7. The molecule has 2 aliphatic rings. The minimum absolute atomic E-state index is 0.0113. The molecule has 2 aromatic heterocycles. The van der Waals surface area contributed by atoms with Crippen LogP contribution in [0.3, 0.4) is 0 Å². The highest BCUT2D eigenvalue weighted by molar-refractivity contribution is 6.33. The standard InChI is InChI=1S/C25H29ClN6O3/c1-13-7-14(2)11-32(10-13)25-27-9-18(26)22(30-25)29-16-5-6-19-17(8-16)21-20(23(33)31(19)4)24(34)35-12-15(3)28-21/h5-6,8-9,13-15,28H,7,10-12H2,1-4H3,(H,27,29,30)/t13-,14+,15?. The van der Waals surface area contributed by atoms with Crippen molar-refractivity contribution in [3.05, 3.63) is 45.3 Å². The number of halogens is 1. The number of nitrogens with zero attached hydrogens (tertiary/aromatic N) is 4. The number of hydrogen-bond donors (Lipinski definition) is 2. The van der Waals surface area contributed by atoms with Gasteiger partial charge >= 0.3 is 5.97 Å². The Kier molecular flexibility index (Phi) is 6.04. The van der Waals surface area contributed by atoms with E-state index in [-0.39, 0.29) is 18.2 Å². The van der Waals surface area contributed by atoms with Gasteiger partial charge in [-0.05, 0) is 43.4 Å². The number of nitrogens with one attached hydrogen (secondary N) is 2. The lowest BCUT2D eigenvalue weighted by atomic mass is 9.92. The van der Waals surface area contributed by atoms with Gasteiger partial charge in [-0.2, -0.15) is 4.98 Å². The number of ether oxygens (including phenoxy) is 1. The van der Waals surface area contributed by atoms with E-state index in [1.807, 2.05) is 25.1 Å². The van der Waals surface area contributed by atoms with Crippen molar-refractivity contribution in [1.29, 1.82) is 0 Å². The van der Waals surface area contributed by atoms with Gasteiger partial charge < -0.3 is 24.8 Å². The first-order valence-electron chi connectivity index (χ1n) is 11.9. The third-order valence-corrected chi connectivity index (χ3v) is 6.88. The summed E-state index contributed by atoms with van der Waals surface area (Å²) >= 11 is 6.46. The summed E-state index contributed by atoms with van der Waals surface area (Å²) in [5.41, 5.74) is 1.51. The number of benzene rings is 1. The summed E-state index contributed by atoms with van der Waals surface area (Å²) in [5, 5.41) is 7.71. The number of aromatic nitrogens is 3. The van der Waals surface area contributed by atoms with E-state index in [4.69, 9.17) is 21.3 Å². The summed E-state index contributed by atoms with van der Waals surface area (Å²) in [6, 6.07) is 5.44. The molecule has 184 valence electrons. The van der Waals surface area contributed by atoms with Gasteiger partial charge in [-0.15, -0.1) is 0 Å². The molecular weight excluding hydrogens is 468 g/mol. The molecular formula is C25H29ClN6O3. The van der Waals surface area contributed by atoms with Gasteiger partial charge in [0.15, 0.2) is 5.82 Å². The predicted octanol–water partition coefficient (Wildman–Crippen LogP) is 4.18. The molecule has 1 saturated heterocycles. The van der Waals surface area contributed by atoms with Crippen molar-refractivity contribution in [2.45, 2.75) is 33.2 Å². The van der Waals surface area contributed by atoms with Crippen LogP contribution in [0.4, 0.5) is 23.1 Å². The van der Waals surface area contributed by atoms with Crippen molar-refractivity contribution in [2.75, 3.05) is 35.2 Å². The molecule has 0 aliphatic carbocycles. The number of anilines is 4. The van der Waals surface area contributed by atoms with Gasteiger partial charge in [-0.1, -0.05) is 25.4 Å². The van der Waals surface area contributed by atoms with Crippen LogP contribution in [0, 0.1) is 11.8 Å². The van der Waals surface area contributed by atoms with Crippen molar-refractivity contribution in [3.8, 4) is 0 Å². The lowest BCUT2D eigenvalue weighted by molar-refractivity contribution is 0.0503. The Bertz CT molecular complexity index is 1360. The maximum absolute atomic E-state index is 12.9. The van der Waals surface area contributed by atoms with Gasteiger partial charge in [0.25, 0.3) is 5.56 Å². The van der Waals surface area contributed by atoms with Gasteiger partial charge in [0.05, 0.1) is 23.4 Å². The van der Waals surface area contributed by atoms with E-state index in [1.165, 1.54) is 11.0 Å². The van der Waals surface area contributed by atoms with Gasteiger partial charge in [-0.3, -0.25) is 4.79 Å². The average Bonchev–Trinajstić information content (AvgIpc) is 2.96. The average molecular weight is 497 g/mol.